The topological polar surface area (TPSA) is 63.4 Å². The Morgan fingerprint density at radius 2 is 2.10 bits per heavy atom. The quantitative estimate of drug-likeness (QED) is 0.696. The van der Waals surface area contributed by atoms with E-state index in [0.717, 1.165) is 0 Å². The molecular formula is C13H18BrClN2O2S2. The Morgan fingerprint density at radius 3 is 2.57 bits per heavy atom. The standard InChI is InChI=1S/C13H18BrClN2O2S2/c1-9(2)8-17(6-5-13(16)20)21(18,19)10-3-4-12(15)11(14)7-10/h3-4,7,9H,5-6,8H2,1-2H3,(H2,16,20). The van der Waals surface area contributed by atoms with Gasteiger partial charge in [-0.05, 0) is 40.0 Å². The first-order valence-electron chi connectivity index (χ1n) is 6.38. The smallest absolute Gasteiger partial charge is 0.243 e. The number of sulfonamides is 1. The first kappa shape index (κ1) is 18.8. The molecule has 0 spiro atoms. The van der Waals surface area contributed by atoms with E-state index in [9.17, 15) is 8.42 Å². The van der Waals surface area contributed by atoms with E-state index in [1.807, 2.05) is 13.8 Å². The summed E-state index contributed by atoms with van der Waals surface area (Å²) >= 11 is 14.0. The van der Waals surface area contributed by atoms with Crippen LogP contribution in [0.1, 0.15) is 20.3 Å². The zero-order valence-electron chi connectivity index (χ0n) is 11.8. The Labute approximate surface area is 144 Å². The fourth-order valence-corrected chi connectivity index (χ4v) is 4.11. The minimum Gasteiger partial charge on any atom is -0.393 e. The maximum Gasteiger partial charge on any atom is 0.243 e. The van der Waals surface area contributed by atoms with E-state index in [-0.39, 0.29) is 17.4 Å². The fraction of sp³-hybridized carbons (Fsp3) is 0.462. The number of hydrogen-bond acceptors (Lipinski definition) is 3. The maximum atomic E-state index is 12.7. The van der Waals surface area contributed by atoms with Crippen LogP contribution in [0.2, 0.25) is 5.02 Å². The molecule has 4 nitrogen and oxygen atoms in total. The van der Waals surface area contributed by atoms with Crippen molar-refractivity contribution in [3.05, 3.63) is 27.7 Å². The molecule has 0 unspecified atom stereocenters. The average Bonchev–Trinajstić information content (AvgIpc) is 2.36. The molecule has 1 aromatic carbocycles. The van der Waals surface area contributed by atoms with Gasteiger partial charge in [0.25, 0.3) is 0 Å². The number of hydrogen-bond donors (Lipinski definition) is 1. The van der Waals surface area contributed by atoms with Crippen molar-refractivity contribution in [3.8, 4) is 0 Å². The van der Waals surface area contributed by atoms with Crippen molar-refractivity contribution in [1.29, 1.82) is 0 Å². The fourth-order valence-electron chi connectivity index (χ4n) is 1.74. The molecule has 0 saturated carbocycles. The summed E-state index contributed by atoms with van der Waals surface area (Å²) < 4.78 is 27.4. The molecule has 0 amide bonds. The molecule has 0 fully saturated rings. The van der Waals surface area contributed by atoms with E-state index in [1.54, 1.807) is 6.07 Å². The van der Waals surface area contributed by atoms with Gasteiger partial charge in [0, 0.05) is 24.0 Å². The highest BCUT2D eigenvalue weighted by atomic mass is 79.9. The SMILES string of the molecule is CC(C)CN(CCC(N)=S)S(=O)(=O)c1ccc(Cl)c(Br)c1. The maximum absolute atomic E-state index is 12.7. The molecule has 2 N–H and O–H groups in total. The number of nitrogens with two attached hydrogens (primary N) is 1. The van der Waals surface area contributed by atoms with E-state index >= 15 is 0 Å². The van der Waals surface area contributed by atoms with E-state index in [0.29, 0.717) is 27.4 Å². The molecule has 0 aliphatic carbocycles. The Balaban J connectivity index is 3.12. The van der Waals surface area contributed by atoms with Crippen molar-refractivity contribution in [2.75, 3.05) is 13.1 Å². The highest BCUT2D eigenvalue weighted by Crippen LogP contribution is 2.27. The summed E-state index contributed by atoms with van der Waals surface area (Å²) in [6.07, 6.45) is 0.357. The lowest BCUT2D eigenvalue weighted by Gasteiger charge is -2.24. The Morgan fingerprint density at radius 1 is 1.48 bits per heavy atom. The molecule has 0 atom stereocenters. The summed E-state index contributed by atoms with van der Waals surface area (Å²) in [5.41, 5.74) is 5.48. The molecule has 8 heteroatoms. The van der Waals surface area contributed by atoms with Crippen molar-refractivity contribution in [2.45, 2.75) is 25.2 Å². The van der Waals surface area contributed by atoms with Crippen LogP contribution in [-0.2, 0) is 10.0 Å². The third kappa shape index (κ3) is 5.49. The normalized spacial score (nSPS) is 12.1. The van der Waals surface area contributed by atoms with Gasteiger partial charge in [-0.3, -0.25) is 0 Å². The molecule has 118 valence electrons. The van der Waals surface area contributed by atoms with Crippen molar-refractivity contribution >= 4 is 54.8 Å². The van der Waals surface area contributed by atoms with E-state index in [2.05, 4.69) is 15.9 Å². The van der Waals surface area contributed by atoms with Crippen molar-refractivity contribution in [3.63, 3.8) is 0 Å². The summed E-state index contributed by atoms with van der Waals surface area (Å²) in [7, 11) is -3.60. The second-order valence-corrected chi connectivity index (χ2v) is 8.77. The molecule has 1 aromatic rings. The lowest BCUT2D eigenvalue weighted by molar-refractivity contribution is 0.374. The van der Waals surface area contributed by atoms with Crippen LogP contribution in [0.3, 0.4) is 0 Å². The number of rotatable bonds is 7. The van der Waals surface area contributed by atoms with Crippen LogP contribution in [0.5, 0.6) is 0 Å². The van der Waals surface area contributed by atoms with Gasteiger partial charge in [-0.25, -0.2) is 8.42 Å². The van der Waals surface area contributed by atoms with Crippen molar-refractivity contribution < 1.29 is 8.42 Å². The molecule has 0 saturated heterocycles. The lowest BCUT2D eigenvalue weighted by Crippen LogP contribution is -2.36. The average molecular weight is 414 g/mol. The first-order valence-corrected chi connectivity index (χ1v) is 9.40. The zero-order chi connectivity index (χ0) is 16.2. The number of benzene rings is 1. The molecule has 0 aliphatic rings. The summed E-state index contributed by atoms with van der Waals surface area (Å²) in [5, 5.41) is 0.465. The van der Waals surface area contributed by atoms with Crippen LogP contribution >= 0.6 is 39.7 Å². The summed E-state index contributed by atoms with van der Waals surface area (Å²) in [6.45, 7) is 4.60. The minimum atomic E-state index is -3.60. The third-order valence-corrected chi connectivity index (χ3v) is 5.98. The van der Waals surface area contributed by atoms with Gasteiger partial charge in [0.2, 0.25) is 10.0 Å². The second-order valence-electron chi connectivity index (χ2n) is 5.05. The van der Waals surface area contributed by atoms with Crippen LogP contribution in [0, 0.1) is 5.92 Å². The van der Waals surface area contributed by atoms with E-state index in [4.69, 9.17) is 29.6 Å². The largest absolute Gasteiger partial charge is 0.393 e. The third-order valence-electron chi connectivity index (χ3n) is 2.71. The molecule has 0 bridgehead atoms. The summed E-state index contributed by atoms with van der Waals surface area (Å²) in [4.78, 5) is 0.499. The highest BCUT2D eigenvalue weighted by molar-refractivity contribution is 9.10. The van der Waals surface area contributed by atoms with Crippen LogP contribution < -0.4 is 5.73 Å². The number of thiocarbonyl (C=S) groups is 1. The van der Waals surface area contributed by atoms with Crippen LogP contribution in [-0.4, -0.2) is 30.8 Å². The highest BCUT2D eigenvalue weighted by Gasteiger charge is 2.25. The van der Waals surface area contributed by atoms with Crippen LogP contribution in [0.15, 0.2) is 27.6 Å². The lowest BCUT2D eigenvalue weighted by atomic mass is 10.2. The molecule has 0 aromatic heterocycles. The first-order chi connectivity index (χ1) is 9.64. The van der Waals surface area contributed by atoms with Crippen LogP contribution in [0.25, 0.3) is 0 Å². The van der Waals surface area contributed by atoms with Crippen molar-refractivity contribution in [1.82, 2.24) is 4.31 Å². The second kappa shape index (κ2) is 7.87. The zero-order valence-corrected chi connectivity index (χ0v) is 15.8. The van der Waals surface area contributed by atoms with Crippen LogP contribution in [0.4, 0.5) is 0 Å². The number of nitrogens with zero attached hydrogens (tertiary/aromatic N) is 1. The predicted octanol–water partition coefficient (Wildman–Crippen LogP) is 3.43. The van der Waals surface area contributed by atoms with Crippen molar-refractivity contribution in [2.24, 2.45) is 11.7 Å². The Kier molecular flexibility index (Phi) is 7.06. The van der Waals surface area contributed by atoms with E-state index < -0.39 is 10.0 Å². The summed E-state index contributed by atoms with van der Waals surface area (Å²) in [5.74, 6) is 0.196. The molecule has 21 heavy (non-hydrogen) atoms. The van der Waals surface area contributed by atoms with Gasteiger partial charge >= 0.3 is 0 Å². The Hall–Kier alpha value is -0.210. The minimum absolute atomic E-state index is 0.196. The monoisotopic (exact) mass is 412 g/mol. The number of halogens is 2. The van der Waals surface area contributed by atoms with Gasteiger partial charge < -0.3 is 5.73 Å². The van der Waals surface area contributed by atoms with Gasteiger partial charge in [-0.1, -0.05) is 37.7 Å². The molecule has 0 radical (unpaired) electrons. The molecule has 1 rings (SSSR count). The molecular weight excluding hydrogens is 396 g/mol. The van der Waals surface area contributed by atoms with Gasteiger partial charge in [-0.15, -0.1) is 0 Å². The van der Waals surface area contributed by atoms with E-state index in [1.165, 1.54) is 16.4 Å². The van der Waals surface area contributed by atoms with Gasteiger partial charge in [0.15, 0.2) is 0 Å². The molecule has 0 aliphatic heterocycles. The van der Waals surface area contributed by atoms with Gasteiger partial charge in [0.05, 0.1) is 14.9 Å². The predicted molar refractivity (Wildman–Crippen MR) is 94.2 cm³/mol. The Bertz CT molecular complexity index is 621. The summed E-state index contributed by atoms with van der Waals surface area (Å²) in [6, 6.07) is 4.56. The van der Waals surface area contributed by atoms with Gasteiger partial charge in [-0.2, -0.15) is 4.31 Å². The van der Waals surface area contributed by atoms with Gasteiger partial charge in [0.1, 0.15) is 0 Å². The molecule has 0 heterocycles.